The first kappa shape index (κ1) is 20.7. The first-order valence-corrected chi connectivity index (χ1v) is 7.11. The summed E-state index contributed by atoms with van der Waals surface area (Å²) in [7, 11) is 0. The normalized spacial score (nSPS) is 12.0. The molecule has 0 unspecified atom stereocenters. The summed E-state index contributed by atoms with van der Waals surface area (Å²) in [4.78, 5) is 0. The van der Waals surface area contributed by atoms with Crippen molar-refractivity contribution in [1.29, 1.82) is 0 Å². The third kappa shape index (κ3) is 11.0. The van der Waals surface area contributed by atoms with Crippen molar-refractivity contribution >= 4 is 0 Å². The van der Waals surface area contributed by atoms with Crippen LogP contribution in [0.4, 0.5) is 0 Å². The summed E-state index contributed by atoms with van der Waals surface area (Å²) in [6, 6.07) is 0. The minimum atomic E-state index is -1.80. The molecule has 0 N–H and O–H groups in total. The molecule has 0 rings (SSSR count). The molecule has 0 spiro atoms. The fourth-order valence-electron chi connectivity index (χ4n) is 1.04. The summed E-state index contributed by atoms with van der Waals surface area (Å²) < 4.78 is 42.0. The molecule has 0 fully saturated rings. The van der Waals surface area contributed by atoms with E-state index in [-0.39, 0.29) is 27.2 Å². The van der Waals surface area contributed by atoms with E-state index in [4.69, 9.17) is 37.9 Å². The topological polar surface area (TPSA) is 73.8 Å². The maximum absolute atomic E-state index is 5.38. The predicted octanol–water partition coefficient (Wildman–Crippen LogP) is 1.64. The van der Waals surface area contributed by atoms with Crippen LogP contribution in [0.15, 0.2) is 0 Å². The van der Waals surface area contributed by atoms with E-state index in [1.54, 1.807) is 0 Å². The summed E-state index contributed by atoms with van der Waals surface area (Å²) in [5.74, 6) is 0. The van der Waals surface area contributed by atoms with E-state index in [9.17, 15) is 0 Å². The molecule has 0 radical (unpaired) electrons. The Morgan fingerprint density at radius 2 is 0.714 bits per heavy atom. The third-order valence-electron chi connectivity index (χ3n) is 2.09. The molecule has 0 aromatic rings. The van der Waals surface area contributed by atoms with Crippen LogP contribution in [0.5, 0.6) is 0 Å². The second kappa shape index (κ2) is 14.6. The molecule has 0 bridgehead atoms. The second-order valence-corrected chi connectivity index (χ2v) is 3.52. The Balaban J connectivity index is 4.52. The molecule has 8 nitrogen and oxygen atoms in total. The maximum Gasteiger partial charge on any atom is 0.420 e. The highest BCUT2D eigenvalue weighted by atomic mass is 17.1. The minimum Gasteiger partial charge on any atom is -0.355 e. The van der Waals surface area contributed by atoms with Gasteiger partial charge in [-0.05, 0) is 27.7 Å². The van der Waals surface area contributed by atoms with Crippen molar-refractivity contribution in [2.75, 3.05) is 53.6 Å². The van der Waals surface area contributed by atoms with Crippen LogP contribution in [0.1, 0.15) is 27.7 Å². The van der Waals surface area contributed by atoms with Crippen molar-refractivity contribution in [3.63, 3.8) is 0 Å². The van der Waals surface area contributed by atoms with E-state index >= 15 is 0 Å². The summed E-state index contributed by atoms with van der Waals surface area (Å²) in [6.07, 6.45) is -1.80. The highest BCUT2D eigenvalue weighted by Crippen LogP contribution is 2.18. The molecule has 0 atom stereocenters. The third-order valence-corrected chi connectivity index (χ3v) is 2.09. The van der Waals surface area contributed by atoms with Gasteiger partial charge >= 0.3 is 6.16 Å². The Labute approximate surface area is 126 Å². The van der Waals surface area contributed by atoms with Crippen LogP contribution >= 0.6 is 0 Å². The van der Waals surface area contributed by atoms with Crippen LogP contribution in [0, 0.1) is 0 Å². The van der Waals surface area contributed by atoms with Gasteiger partial charge in [0.05, 0.1) is 0 Å². The Hall–Kier alpha value is -0.320. The van der Waals surface area contributed by atoms with Gasteiger partial charge in [0, 0.05) is 26.4 Å². The maximum atomic E-state index is 5.38. The lowest BCUT2D eigenvalue weighted by Crippen LogP contribution is -2.44. The van der Waals surface area contributed by atoms with E-state index in [1.165, 1.54) is 0 Å². The van der Waals surface area contributed by atoms with Gasteiger partial charge in [-0.3, -0.25) is 18.9 Å². The minimum absolute atomic E-state index is 0.0686. The molecular weight excluding hydrogens is 284 g/mol. The Morgan fingerprint density at radius 1 is 0.476 bits per heavy atom. The molecule has 0 aromatic carbocycles. The smallest absolute Gasteiger partial charge is 0.355 e. The van der Waals surface area contributed by atoms with Gasteiger partial charge in [-0.1, -0.05) is 0 Å². The number of hydrogen-bond acceptors (Lipinski definition) is 8. The van der Waals surface area contributed by atoms with Gasteiger partial charge < -0.3 is 18.9 Å². The zero-order chi connectivity index (χ0) is 15.8. The molecule has 8 heteroatoms. The highest BCUT2D eigenvalue weighted by Gasteiger charge is 2.37. The highest BCUT2D eigenvalue weighted by molar-refractivity contribution is 4.38. The first-order valence-electron chi connectivity index (χ1n) is 7.11. The number of rotatable bonds is 16. The average molecular weight is 312 g/mol. The lowest BCUT2D eigenvalue weighted by molar-refractivity contribution is -0.535. The molecule has 0 heterocycles. The lowest BCUT2D eigenvalue weighted by atomic mass is 10.9. The molecule has 21 heavy (non-hydrogen) atoms. The van der Waals surface area contributed by atoms with Crippen molar-refractivity contribution in [2.24, 2.45) is 0 Å². The van der Waals surface area contributed by atoms with Crippen molar-refractivity contribution in [2.45, 2.75) is 33.9 Å². The van der Waals surface area contributed by atoms with E-state index in [0.29, 0.717) is 26.4 Å². The molecular formula is C13H28O8. The second-order valence-electron chi connectivity index (χ2n) is 3.52. The first-order chi connectivity index (χ1) is 10.2. The van der Waals surface area contributed by atoms with Gasteiger partial charge in [0.2, 0.25) is 0 Å². The molecule has 0 aliphatic carbocycles. The predicted molar refractivity (Wildman–Crippen MR) is 73.0 cm³/mol. The summed E-state index contributed by atoms with van der Waals surface area (Å²) in [6.45, 7) is 9.03. The van der Waals surface area contributed by atoms with Crippen LogP contribution in [0.3, 0.4) is 0 Å². The van der Waals surface area contributed by atoms with Crippen molar-refractivity contribution in [3.05, 3.63) is 0 Å². The van der Waals surface area contributed by atoms with Gasteiger partial charge in [0.15, 0.2) is 27.2 Å². The van der Waals surface area contributed by atoms with Gasteiger partial charge in [0.1, 0.15) is 0 Å². The zero-order valence-corrected chi connectivity index (χ0v) is 13.4. The fraction of sp³-hybridized carbons (Fsp3) is 1.00. The van der Waals surface area contributed by atoms with Crippen molar-refractivity contribution in [3.8, 4) is 0 Å². The molecule has 0 aliphatic heterocycles. The average Bonchev–Trinajstić information content (AvgIpc) is 2.48. The Morgan fingerprint density at radius 3 is 0.905 bits per heavy atom. The van der Waals surface area contributed by atoms with Crippen LogP contribution in [0.25, 0.3) is 0 Å². The van der Waals surface area contributed by atoms with E-state index in [1.807, 2.05) is 27.7 Å². The summed E-state index contributed by atoms with van der Waals surface area (Å²) in [5.41, 5.74) is 0. The monoisotopic (exact) mass is 312 g/mol. The lowest BCUT2D eigenvalue weighted by Gasteiger charge is -2.31. The quantitative estimate of drug-likeness (QED) is 0.314. The fourth-order valence-corrected chi connectivity index (χ4v) is 1.04. The van der Waals surface area contributed by atoms with E-state index in [0.717, 1.165) is 0 Å². The standard InChI is InChI=1S/C13H28O8/c1-5-14-9-18-13(19-10-15-6-2,20-11-16-7-3)21-12-17-8-4/h5-12H2,1-4H3. The molecule has 0 aromatic heterocycles. The summed E-state index contributed by atoms with van der Waals surface area (Å²) in [5, 5.41) is 0. The zero-order valence-electron chi connectivity index (χ0n) is 13.4. The van der Waals surface area contributed by atoms with Gasteiger partial charge in [-0.2, -0.15) is 0 Å². The molecule has 0 aliphatic rings. The largest absolute Gasteiger partial charge is 0.420 e. The van der Waals surface area contributed by atoms with Crippen molar-refractivity contribution in [1.82, 2.24) is 0 Å². The van der Waals surface area contributed by atoms with Crippen LogP contribution in [-0.4, -0.2) is 59.8 Å². The van der Waals surface area contributed by atoms with Crippen molar-refractivity contribution < 1.29 is 37.9 Å². The van der Waals surface area contributed by atoms with Crippen LogP contribution in [0.2, 0.25) is 0 Å². The number of ether oxygens (including phenoxy) is 8. The van der Waals surface area contributed by atoms with Gasteiger partial charge in [0.25, 0.3) is 0 Å². The molecule has 0 saturated heterocycles. The molecule has 128 valence electrons. The van der Waals surface area contributed by atoms with E-state index < -0.39 is 6.16 Å². The van der Waals surface area contributed by atoms with Crippen LogP contribution in [-0.2, 0) is 37.9 Å². The Kier molecular flexibility index (Phi) is 14.4. The number of hydrogen-bond donors (Lipinski definition) is 0. The molecule has 0 saturated carbocycles. The Bertz CT molecular complexity index is 169. The summed E-state index contributed by atoms with van der Waals surface area (Å²) >= 11 is 0. The molecule has 0 amide bonds. The SMILES string of the molecule is CCOCOC(OCOCC)(OCOCC)OCOCC. The van der Waals surface area contributed by atoms with Crippen LogP contribution < -0.4 is 0 Å². The van der Waals surface area contributed by atoms with Gasteiger partial charge in [-0.15, -0.1) is 0 Å². The van der Waals surface area contributed by atoms with E-state index in [2.05, 4.69) is 0 Å². The van der Waals surface area contributed by atoms with Gasteiger partial charge in [-0.25, -0.2) is 0 Å².